The molecule has 0 radical (unpaired) electrons. The van der Waals surface area contributed by atoms with E-state index in [1.807, 2.05) is 6.08 Å². The van der Waals surface area contributed by atoms with Gasteiger partial charge in [-0.15, -0.1) is 0 Å². The standard InChI is InChI=1S/C43H81NO5/c1-3-5-7-9-11-13-15-17-21-25-29-33-37-43(48)49-38-34-30-26-22-18-20-24-28-32-36-42(47)44-40(39-45)41(46)35-31-27-23-19-16-14-12-10-8-6-4-2/h11,13,31,35,40-41,45-46H,3-10,12,14-30,32-34,36-39H2,1-2H3,(H,44,47)/b13-11-,35-31+. The number of hydrogen-bond donors (Lipinski definition) is 3. The number of amides is 1. The first kappa shape index (κ1) is 47.3. The van der Waals surface area contributed by atoms with Crippen LogP contribution in [0.5, 0.6) is 0 Å². The lowest BCUT2D eigenvalue weighted by Crippen LogP contribution is -2.45. The number of allylic oxidation sites excluding steroid dienone is 3. The summed E-state index contributed by atoms with van der Waals surface area (Å²) >= 11 is 0. The summed E-state index contributed by atoms with van der Waals surface area (Å²) in [5.74, 6) is -0.138. The molecule has 0 aromatic heterocycles. The van der Waals surface area contributed by atoms with E-state index >= 15 is 0 Å². The molecule has 0 heterocycles. The number of aliphatic hydroxyl groups is 2. The molecule has 2 unspecified atom stereocenters. The average molecular weight is 692 g/mol. The highest BCUT2D eigenvalue weighted by atomic mass is 16.5. The normalized spacial score (nSPS) is 13.0. The van der Waals surface area contributed by atoms with Crippen LogP contribution in [0.1, 0.15) is 213 Å². The van der Waals surface area contributed by atoms with Crippen LogP contribution in [0, 0.1) is 0 Å². The molecular formula is C43H81NO5. The zero-order valence-electron chi connectivity index (χ0n) is 32.4. The number of ether oxygens (including phenoxy) is 1. The molecule has 1 amide bonds. The van der Waals surface area contributed by atoms with Gasteiger partial charge < -0.3 is 20.3 Å². The fraction of sp³-hybridized carbons (Fsp3) is 0.860. The molecule has 0 aromatic carbocycles. The predicted octanol–water partition coefficient (Wildman–Crippen LogP) is 11.6. The number of unbranched alkanes of at least 4 members (excludes halogenated alkanes) is 25. The maximum Gasteiger partial charge on any atom is 0.305 e. The summed E-state index contributed by atoms with van der Waals surface area (Å²) in [4.78, 5) is 24.3. The van der Waals surface area contributed by atoms with E-state index in [1.165, 1.54) is 128 Å². The Labute approximate surface area is 303 Å². The van der Waals surface area contributed by atoms with E-state index in [0.29, 0.717) is 19.4 Å². The Morgan fingerprint density at radius 3 is 1.49 bits per heavy atom. The Kier molecular flexibility index (Phi) is 37.8. The van der Waals surface area contributed by atoms with Gasteiger partial charge in [-0.05, 0) is 57.8 Å². The molecule has 0 aliphatic rings. The van der Waals surface area contributed by atoms with Crippen molar-refractivity contribution in [3.8, 4) is 0 Å². The molecule has 3 N–H and O–H groups in total. The van der Waals surface area contributed by atoms with Crippen molar-refractivity contribution in [1.29, 1.82) is 0 Å². The van der Waals surface area contributed by atoms with E-state index in [9.17, 15) is 19.8 Å². The maximum absolute atomic E-state index is 12.3. The van der Waals surface area contributed by atoms with Gasteiger partial charge >= 0.3 is 5.97 Å². The Balaban J connectivity index is 3.55. The summed E-state index contributed by atoms with van der Waals surface area (Å²) in [5, 5.41) is 22.9. The van der Waals surface area contributed by atoms with Crippen LogP contribution in [0.4, 0.5) is 0 Å². The van der Waals surface area contributed by atoms with Gasteiger partial charge in [0.15, 0.2) is 0 Å². The van der Waals surface area contributed by atoms with Crippen LogP contribution in [0.15, 0.2) is 24.3 Å². The van der Waals surface area contributed by atoms with Gasteiger partial charge in [0.05, 0.1) is 25.4 Å². The van der Waals surface area contributed by atoms with Crippen molar-refractivity contribution in [3.63, 3.8) is 0 Å². The second-order valence-electron chi connectivity index (χ2n) is 14.3. The lowest BCUT2D eigenvalue weighted by Gasteiger charge is -2.20. The number of carbonyl (C=O) groups is 2. The van der Waals surface area contributed by atoms with Crippen LogP contribution < -0.4 is 5.32 Å². The summed E-state index contributed by atoms with van der Waals surface area (Å²) in [7, 11) is 0. The fourth-order valence-electron chi connectivity index (χ4n) is 6.15. The molecule has 0 aromatic rings. The minimum Gasteiger partial charge on any atom is -0.466 e. The highest BCUT2D eigenvalue weighted by Gasteiger charge is 2.18. The summed E-state index contributed by atoms with van der Waals surface area (Å²) in [5.41, 5.74) is 0. The minimum atomic E-state index is -0.859. The number of rotatable bonds is 38. The van der Waals surface area contributed by atoms with Gasteiger partial charge in [0.2, 0.25) is 5.91 Å². The lowest BCUT2D eigenvalue weighted by atomic mass is 10.1. The molecular weight excluding hydrogens is 610 g/mol. The van der Waals surface area contributed by atoms with Crippen LogP contribution in [-0.4, -0.2) is 47.4 Å². The number of aliphatic hydroxyl groups excluding tert-OH is 2. The molecule has 0 rings (SSSR count). The van der Waals surface area contributed by atoms with Gasteiger partial charge in [-0.25, -0.2) is 0 Å². The number of carbonyl (C=O) groups excluding carboxylic acids is 2. The molecule has 0 saturated carbocycles. The Bertz CT molecular complexity index is 767. The Morgan fingerprint density at radius 2 is 0.959 bits per heavy atom. The molecule has 49 heavy (non-hydrogen) atoms. The maximum atomic E-state index is 12.3. The predicted molar refractivity (Wildman–Crippen MR) is 209 cm³/mol. The van der Waals surface area contributed by atoms with Crippen molar-refractivity contribution in [2.75, 3.05) is 13.2 Å². The first-order valence-corrected chi connectivity index (χ1v) is 21.1. The van der Waals surface area contributed by atoms with E-state index < -0.39 is 12.1 Å². The summed E-state index contributed by atoms with van der Waals surface area (Å²) in [6.07, 6.45) is 42.9. The minimum absolute atomic E-state index is 0.0387. The van der Waals surface area contributed by atoms with Gasteiger partial charge in [0.1, 0.15) is 0 Å². The van der Waals surface area contributed by atoms with E-state index in [-0.39, 0.29) is 18.5 Å². The Hall–Kier alpha value is -1.66. The zero-order chi connectivity index (χ0) is 35.9. The third-order valence-corrected chi connectivity index (χ3v) is 9.47. The fourth-order valence-corrected chi connectivity index (χ4v) is 6.15. The van der Waals surface area contributed by atoms with Crippen LogP contribution in [-0.2, 0) is 14.3 Å². The van der Waals surface area contributed by atoms with E-state index in [1.54, 1.807) is 6.08 Å². The molecule has 0 saturated heterocycles. The van der Waals surface area contributed by atoms with Crippen molar-refractivity contribution < 1.29 is 24.5 Å². The third kappa shape index (κ3) is 36.0. The Morgan fingerprint density at radius 1 is 0.551 bits per heavy atom. The smallest absolute Gasteiger partial charge is 0.305 e. The quantitative estimate of drug-likeness (QED) is 0.0340. The topological polar surface area (TPSA) is 95.9 Å². The third-order valence-electron chi connectivity index (χ3n) is 9.47. The van der Waals surface area contributed by atoms with E-state index in [0.717, 1.165) is 57.8 Å². The molecule has 0 spiro atoms. The van der Waals surface area contributed by atoms with Crippen molar-refractivity contribution in [1.82, 2.24) is 5.32 Å². The molecule has 288 valence electrons. The molecule has 0 fully saturated rings. The average Bonchev–Trinajstić information content (AvgIpc) is 3.10. The largest absolute Gasteiger partial charge is 0.466 e. The van der Waals surface area contributed by atoms with Crippen LogP contribution in [0.25, 0.3) is 0 Å². The van der Waals surface area contributed by atoms with Crippen LogP contribution in [0.3, 0.4) is 0 Å². The van der Waals surface area contributed by atoms with E-state index in [4.69, 9.17) is 4.74 Å². The van der Waals surface area contributed by atoms with Crippen LogP contribution in [0.2, 0.25) is 0 Å². The van der Waals surface area contributed by atoms with E-state index in [2.05, 4.69) is 31.3 Å². The second-order valence-corrected chi connectivity index (χ2v) is 14.3. The zero-order valence-corrected chi connectivity index (χ0v) is 32.4. The van der Waals surface area contributed by atoms with Gasteiger partial charge in [-0.3, -0.25) is 9.59 Å². The lowest BCUT2D eigenvalue weighted by molar-refractivity contribution is -0.143. The van der Waals surface area contributed by atoms with Crippen molar-refractivity contribution in [2.24, 2.45) is 0 Å². The summed E-state index contributed by atoms with van der Waals surface area (Å²) in [6, 6.07) is -0.646. The van der Waals surface area contributed by atoms with Gasteiger partial charge in [0.25, 0.3) is 0 Å². The molecule has 0 aliphatic carbocycles. The molecule has 0 bridgehead atoms. The van der Waals surface area contributed by atoms with Gasteiger partial charge in [-0.2, -0.15) is 0 Å². The molecule has 6 nitrogen and oxygen atoms in total. The SMILES string of the molecule is CCCCC/C=C\CCCCCCCC(=O)OCCCCCCCCCCCC(=O)NC(CO)C(O)/C=C/CCCCCCCCCCC. The van der Waals surface area contributed by atoms with Crippen LogP contribution >= 0.6 is 0 Å². The molecule has 6 heteroatoms. The highest BCUT2D eigenvalue weighted by molar-refractivity contribution is 5.76. The molecule has 2 atom stereocenters. The van der Waals surface area contributed by atoms with Crippen molar-refractivity contribution in [2.45, 2.75) is 225 Å². The number of esters is 1. The molecule has 0 aliphatic heterocycles. The summed E-state index contributed by atoms with van der Waals surface area (Å²) < 4.78 is 5.41. The first-order valence-electron chi connectivity index (χ1n) is 21.1. The summed E-state index contributed by atoms with van der Waals surface area (Å²) in [6.45, 7) is 4.77. The number of nitrogens with one attached hydrogen (secondary N) is 1. The van der Waals surface area contributed by atoms with Crippen molar-refractivity contribution >= 4 is 11.9 Å². The first-order chi connectivity index (χ1) is 24.0. The monoisotopic (exact) mass is 692 g/mol. The van der Waals surface area contributed by atoms with Crippen molar-refractivity contribution in [3.05, 3.63) is 24.3 Å². The highest BCUT2D eigenvalue weighted by Crippen LogP contribution is 2.13. The number of hydrogen-bond acceptors (Lipinski definition) is 5. The van der Waals surface area contributed by atoms with Gasteiger partial charge in [-0.1, -0.05) is 167 Å². The second kappa shape index (κ2) is 39.1. The van der Waals surface area contributed by atoms with Gasteiger partial charge in [0, 0.05) is 12.8 Å².